The van der Waals surface area contributed by atoms with Gasteiger partial charge in [-0.2, -0.15) is 57.1 Å². The van der Waals surface area contributed by atoms with Crippen LogP contribution in [0.1, 0.15) is 27.7 Å². The monoisotopic (exact) mass is 486 g/mol. The molecule has 0 rings (SSSR count). The van der Waals surface area contributed by atoms with Gasteiger partial charge in [0.25, 0.3) is 0 Å². The quantitative estimate of drug-likeness (QED) is 0.168. The molecule has 0 aliphatic heterocycles. The highest BCUT2D eigenvalue weighted by molar-refractivity contribution is 5.92. The third kappa shape index (κ3) is 5.10. The minimum absolute atomic E-state index is 0.0583. The van der Waals surface area contributed by atoms with E-state index in [0.29, 0.717) is 5.57 Å². The Morgan fingerprint density at radius 2 is 1.06 bits per heavy atom. The fourth-order valence-electron chi connectivity index (χ4n) is 1.82. The molecule has 0 heterocycles. The molecule has 0 saturated carbocycles. The molecule has 0 aromatic heterocycles. The summed E-state index contributed by atoms with van der Waals surface area (Å²) in [5.41, 5.74) is -0.103. The number of allylic oxidation sites excluding steroid dienone is 2. The lowest BCUT2D eigenvalue weighted by Crippen LogP contribution is -2.70. The van der Waals surface area contributed by atoms with Gasteiger partial charge in [0.1, 0.15) is 0 Å². The lowest BCUT2D eigenvalue weighted by atomic mass is 9.94. The number of esters is 1. The SMILES string of the molecule is CC(C)=CC(C(=O)OCC(F)(F)C(F)(F)C(F)(F)C(F)(F)C(F)(F)C(F)(F)F)=C(C)C. The van der Waals surface area contributed by atoms with E-state index < -0.39 is 53.9 Å². The van der Waals surface area contributed by atoms with Crippen molar-refractivity contribution < 1.29 is 66.6 Å². The maximum absolute atomic E-state index is 13.6. The zero-order valence-corrected chi connectivity index (χ0v) is 16.0. The number of alkyl halides is 13. The van der Waals surface area contributed by atoms with E-state index in [4.69, 9.17) is 0 Å². The van der Waals surface area contributed by atoms with E-state index in [2.05, 4.69) is 4.74 Å². The molecule has 0 spiro atoms. The highest BCUT2D eigenvalue weighted by Crippen LogP contribution is 2.60. The van der Waals surface area contributed by atoms with Crippen LogP contribution in [-0.4, -0.2) is 48.4 Å². The molecule has 0 fully saturated rings. The smallest absolute Gasteiger partial charge is 0.455 e. The molecule has 0 aromatic carbocycles. The average Bonchev–Trinajstić information content (AvgIpc) is 2.55. The molecule has 0 aliphatic rings. The molecule has 182 valence electrons. The lowest BCUT2D eigenvalue weighted by molar-refractivity contribution is -0.441. The van der Waals surface area contributed by atoms with Crippen LogP contribution in [0.3, 0.4) is 0 Å². The van der Waals surface area contributed by atoms with Crippen molar-refractivity contribution in [3.05, 3.63) is 22.8 Å². The summed E-state index contributed by atoms with van der Waals surface area (Å²) in [7, 11) is 0. The molecular weight excluding hydrogens is 471 g/mol. The fraction of sp³-hybridized carbons (Fsp3) is 0.688. The van der Waals surface area contributed by atoms with Gasteiger partial charge in [0.05, 0.1) is 5.57 Å². The minimum Gasteiger partial charge on any atom is -0.455 e. The van der Waals surface area contributed by atoms with Crippen LogP contribution in [0, 0.1) is 0 Å². The van der Waals surface area contributed by atoms with Crippen molar-refractivity contribution >= 4 is 5.97 Å². The number of hydrogen-bond acceptors (Lipinski definition) is 2. The van der Waals surface area contributed by atoms with Gasteiger partial charge in [0, 0.05) is 0 Å². The molecule has 31 heavy (non-hydrogen) atoms. The number of halogens is 13. The van der Waals surface area contributed by atoms with Gasteiger partial charge in [0.2, 0.25) is 0 Å². The second-order valence-electron chi connectivity index (χ2n) is 6.71. The van der Waals surface area contributed by atoms with Gasteiger partial charge in [-0.25, -0.2) is 4.79 Å². The summed E-state index contributed by atoms with van der Waals surface area (Å²) in [6.45, 7) is 2.19. The van der Waals surface area contributed by atoms with E-state index in [0.717, 1.165) is 6.08 Å². The number of ether oxygens (including phenoxy) is 1. The molecule has 0 saturated heterocycles. The largest absolute Gasteiger partial charge is 0.460 e. The lowest BCUT2D eigenvalue weighted by Gasteiger charge is -2.39. The first kappa shape index (κ1) is 29.0. The second-order valence-corrected chi connectivity index (χ2v) is 6.71. The first-order valence-electron chi connectivity index (χ1n) is 7.83. The fourth-order valence-corrected chi connectivity index (χ4v) is 1.82. The zero-order chi connectivity index (χ0) is 25.4. The van der Waals surface area contributed by atoms with E-state index in [9.17, 15) is 61.9 Å². The third-order valence-electron chi connectivity index (χ3n) is 3.57. The highest BCUT2D eigenvalue weighted by atomic mass is 19.4. The molecule has 0 amide bonds. The molecule has 0 bridgehead atoms. The Labute approximate surface area is 166 Å². The van der Waals surface area contributed by atoms with Crippen LogP contribution in [0.4, 0.5) is 57.1 Å². The molecule has 0 aliphatic carbocycles. The van der Waals surface area contributed by atoms with Crippen molar-refractivity contribution in [1.29, 1.82) is 0 Å². The summed E-state index contributed by atoms with van der Waals surface area (Å²) < 4.78 is 172. The summed E-state index contributed by atoms with van der Waals surface area (Å²) >= 11 is 0. The Bertz CT molecular complexity index is 737. The van der Waals surface area contributed by atoms with Crippen LogP contribution in [0.15, 0.2) is 22.8 Å². The van der Waals surface area contributed by atoms with Gasteiger partial charge in [-0.05, 0) is 33.8 Å². The molecule has 15 heteroatoms. The first-order valence-corrected chi connectivity index (χ1v) is 7.83. The van der Waals surface area contributed by atoms with Gasteiger partial charge in [0.15, 0.2) is 6.61 Å². The van der Waals surface area contributed by atoms with E-state index >= 15 is 0 Å². The van der Waals surface area contributed by atoms with Crippen molar-refractivity contribution in [2.24, 2.45) is 0 Å². The van der Waals surface area contributed by atoms with E-state index in [1.807, 2.05) is 0 Å². The van der Waals surface area contributed by atoms with Gasteiger partial charge >= 0.3 is 41.8 Å². The van der Waals surface area contributed by atoms with Gasteiger partial charge in [-0.3, -0.25) is 0 Å². The van der Waals surface area contributed by atoms with Crippen molar-refractivity contribution in [2.75, 3.05) is 6.61 Å². The average molecular weight is 486 g/mol. The predicted molar refractivity (Wildman–Crippen MR) is 79.6 cm³/mol. The predicted octanol–water partition coefficient (Wildman–Crippen LogP) is 6.57. The molecule has 0 N–H and O–H groups in total. The number of carbonyl (C=O) groups excluding carboxylic acids is 1. The summed E-state index contributed by atoms with van der Waals surface area (Å²) in [6, 6.07) is 0. The van der Waals surface area contributed by atoms with Crippen LogP contribution in [-0.2, 0) is 9.53 Å². The zero-order valence-electron chi connectivity index (χ0n) is 16.0. The Hall–Kier alpha value is -1.96. The Balaban J connectivity index is 6.07. The third-order valence-corrected chi connectivity index (χ3v) is 3.57. The number of rotatable bonds is 8. The molecule has 0 aromatic rings. The summed E-state index contributed by atoms with van der Waals surface area (Å²) in [4.78, 5) is 11.7. The highest BCUT2D eigenvalue weighted by Gasteiger charge is 2.90. The molecular formula is C16H15F13O2. The minimum atomic E-state index is -8.00. The summed E-state index contributed by atoms with van der Waals surface area (Å²) in [5.74, 6) is -39.5. The van der Waals surface area contributed by atoms with Crippen molar-refractivity contribution in [3.63, 3.8) is 0 Å². The van der Waals surface area contributed by atoms with Crippen LogP contribution in [0.5, 0.6) is 0 Å². The molecule has 2 nitrogen and oxygen atoms in total. The molecule has 0 atom stereocenters. The second kappa shape index (κ2) is 8.52. The first-order chi connectivity index (χ1) is 13.4. The Morgan fingerprint density at radius 1 is 0.677 bits per heavy atom. The maximum Gasteiger partial charge on any atom is 0.460 e. The van der Waals surface area contributed by atoms with E-state index in [-0.39, 0.29) is 5.57 Å². The topological polar surface area (TPSA) is 26.3 Å². The van der Waals surface area contributed by atoms with Gasteiger partial charge in [-0.15, -0.1) is 0 Å². The van der Waals surface area contributed by atoms with Crippen molar-refractivity contribution in [2.45, 2.75) is 63.5 Å². The van der Waals surface area contributed by atoms with Crippen molar-refractivity contribution in [1.82, 2.24) is 0 Å². The van der Waals surface area contributed by atoms with Crippen LogP contribution < -0.4 is 0 Å². The summed E-state index contributed by atoms with van der Waals surface area (Å²) in [6.07, 6.45) is -6.49. The number of carbonyl (C=O) groups is 1. The van der Waals surface area contributed by atoms with Crippen molar-refractivity contribution in [3.8, 4) is 0 Å². The van der Waals surface area contributed by atoms with E-state index in [1.165, 1.54) is 27.7 Å². The standard InChI is InChI=1S/C16H15F13O2/c1-7(2)5-9(8(3)4)10(30)31-6-11(17,18)12(19,20)13(21,22)14(23,24)15(25,26)16(27,28)29/h5H,6H2,1-4H3. The van der Waals surface area contributed by atoms with Gasteiger partial charge < -0.3 is 4.74 Å². The van der Waals surface area contributed by atoms with Crippen LogP contribution in [0.25, 0.3) is 0 Å². The normalized spacial score (nSPS) is 14.2. The van der Waals surface area contributed by atoms with E-state index in [1.54, 1.807) is 0 Å². The summed E-state index contributed by atoms with van der Waals surface area (Å²) in [5, 5.41) is 0. The van der Waals surface area contributed by atoms with Gasteiger partial charge in [-0.1, -0.05) is 11.1 Å². The molecule has 0 radical (unpaired) electrons. The van der Waals surface area contributed by atoms with Crippen LogP contribution >= 0.6 is 0 Å². The maximum atomic E-state index is 13.6. The number of hydrogen-bond donors (Lipinski definition) is 0. The molecule has 0 unspecified atom stereocenters. The Kier molecular flexibility index (Phi) is 7.99. The Morgan fingerprint density at radius 3 is 1.39 bits per heavy atom. The van der Waals surface area contributed by atoms with Crippen LogP contribution in [0.2, 0.25) is 0 Å².